The molecule has 1 aliphatic rings. The number of nitrogens with one attached hydrogen (secondary N) is 2. The molecule has 21 nitrogen and oxygen atoms in total. The first-order valence-corrected chi connectivity index (χ1v) is 19.9. The van der Waals surface area contributed by atoms with Gasteiger partial charge in [0.2, 0.25) is 23.7 Å². The number of hydrogen-bond donors (Lipinski definition) is 5. The molecule has 0 atom stereocenters. The zero-order chi connectivity index (χ0) is 43.4. The predicted molar refractivity (Wildman–Crippen MR) is 226 cm³/mol. The van der Waals surface area contributed by atoms with Gasteiger partial charge in [-0.3, -0.25) is 48.6 Å². The number of nitrogens with two attached hydrogens (primary N) is 3. The average molecular weight is 836 g/mol. The minimum Gasteiger partial charge on any atom is -0.491 e. The quantitative estimate of drug-likeness (QED) is 0.0653. The van der Waals surface area contributed by atoms with Crippen molar-refractivity contribution in [1.29, 1.82) is 0 Å². The van der Waals surface area contributed by atoms with Crippen molar-refractivity contribution in [3.8, 4) is 5.75 Å². The van der Waals surface area contributed by atoms with Crippen LogP contribution in [0.15, 0.2) is 42.6 Å². The maximum atomic E-state index is 13.9. The van der Waals surface area contributed by atoms with Crippen LogP contribution in [0.4, 0.5) is 17.6 Å². The highest BCUT2D eigenvalue weighted by atomic mass is 16.5. The molecule has 0 spiro atoms. The number of rotatable bonds is 17. The number of ether oxygens (including phenoxy) is 2. The summed E-state index contributed by atoms with van der Waals surface area (Å²) in [6.45, 7) is 12.6. The van der Waals surface area contributed by atoms with Gasteiger partial charge in [-0.05, 0) is 58.4 Å². The molecule has 1 aromatic carbocycles. The Morgan fingerprint density at radius 1 is 0.836 bits per heavy atom. The number of pyridine rings is 1. The third-order valence-electron chi connectivity index (χ3n) is 10.3. The van der Waals surface area contributed by atoms with E-state index in [0.717, 1.165) is 19.6 Å². The average Bonchev–Trinajstić information content (AvgIpc) is 3.98. The highest BCUT2D eigenvalue weighted by molar-refractivity contribution is 6.07. The van der Waals surface area contributed by atoms with Gasteiger partial charge >= 0.3 is 0 Å². The summed E-state index contributed by atoms with van der Waals surface area (Å²) < 4.78 is 18.4. The zero-order valence-electron chi connectivity index (χ0n) is 34.5. The molecule has 320 valence electrons. The van der Waals surface area contributed by atoms with Crippen molar-refractivity contribution in [2.75, 3.05) is 55.8 Å². The molecular formula is C40H49N15O6. The fourth-order valence-electron chi connectivity index (χ4n) is 7.18. The van der Waals surface area contributed by atoms with Gasteiger partial charge in [-0.2, -0.15) is 10.2 Å². The summed E-state index contributed by atoms with van der Waals surface area (Å²) in [6.07, 6.45) is 5.71. The number of allylic oxidation sites excluding steroid dienone is 2. The van der Waals surface area contributed by atoms with Crippen LogP contribution in [-0.4, -0.2) is 112 Å². The van der Waals surface area contributed by atoms with Gasteiger partial charge in [-0.25, -0.2) is 15.0 Å². The summed E-state index contributed by atoms with van der Waals surface area (Å²) in [5, 5.41) is 14.6. The molecule has 0 radical (unpaired) electrons. The molecule has 0 aliphatic carbocycles. The van der Waals surface area contributed by atoms with Crippen molar-refractivity contribution < 1.29 is 28.7 Å². The second-order valence-electron chi connectivity index (χ2n) is 14.4. The number of aryl methyl sites for hydroxylation is 4. The maximum absolute atomic E-state index is 13.9. The molecule has 6 aromatic rings. The van der Waals surface area contributed by atoms with Crippen LogP contribution in [-0.2, 0) is 30.9 Å². The van der Waals surface area contributed by atoms with Gasteiger partial charge in [0.05, 0.1) is 48.0 Å². The smallest absolute Gasteiger partial charge is 0.278 e. The number of aromatic nitrogens is 9. The topological polar surface area (TPSA) is 276 Å². The number of carbonyl (C=O) groups is 4. The van der Waals surface area contributed by atoms with Crippen LogP contribution < -0.4 is 32.6 Å². The monoisotopic (exact) mass is 835 g/mol. The van der Waals surface area contributed by atoms with Gasteiger partial charge in [0, 0.05) is 57.6 Å². The molecule has 6 heterocycles. The van der Waals surface area contributed by atoms with Crippen LogP contribution in [0.1, 0.15) is 73.3 Å². The Labute approximate surface area is 349 Å². The highest BCUT2D eigenvalue weighted by Crippen LogP contribution is 2.32. The molecule has 4 amide bonds. The zero-order valence-corrected chi connectivity index (χ0v) is 34.5. The molecule has 1 saturated heterocycles. The molecule has 0 unspecified atom stereocenters. The second-order valence-corrected chi connectivity index (χ2v) is 14.4. The van der Waals surface area contributed by atoms with Crippen molar-refractivity contribution >= 4 is 63.4 Å². The number of fused-ring (bicyclic) bond motifs is 2. The SMILES string of the molecule is CCn1nc(C)cc1C(=O)Nc1nc2cc(C(N)=O)cnc2n1C/C=C/Cn1c(NC(=O)c2c(N)c(C)nn2CC)nc2cc(C(N)=O)cc(OCCCN3CCOCC3)c21. The first-order chi connectivity index (χ1) is 29.4. The van der Waals surface area contributed by atoms with Gasteiger partial charge in [-0.15, -0.1) is 0 Å². The molecular weight excluding hydrogens is 787 g/mol. The van der Waals surface area contributed by atoms with E-state index in [1.165, 1.54) is 16.9 Å². The lowest BCUT2D eigenvalue weighted by Crippen LogP contribution is -2.37. The Hall–Kier alpha value is -7.13. The molecule has 1 fully saturated rings. The summed E-state index contributed by atoms with van der Waals surface area (Å²) in [6, 6.07) is 6.31. The predicted octanol–water partition coefficient (Wildman–Crippen LogP) is 2.47. The number of hydrogen-bond acceptors (Lipinski definition) is 13. The Morgan fingerprint density at radius 3 is 2.20 bits per heavy atom. The lowest BCUT2D eigenvalue weighted by Gasteiger charge is -2.26. The number of benzene rings is 1. The van der Waals surface area contributed by atoms with Crippen LogP contribution >= 0.6 is 0 Å². The van der Waals surface area contributed by atoms with Gasteiger partial charge in [-0.1, -0.05) is 12.2 Å². The molecule has 0 bridgehead atoms. The van der Waals surface area contributed by atoms with E-state index in [-0.39, 0.29) is 47.5 Å². The van der Waals surface area contributed by atoms with E-state index in [2.05, 4.69) is 35.7 Å². The normalized spacial score (nSPS) is 13.4. The molecule has 5 aromatic heterocycles. The summed E-state index contributed by atoms with van der Waals surface area (Å²) in [5.74, 6) is -1.64. The van der Waals surface area contributed by atoms with Crippen LogP contribution in [0.2, 0.25) is 0 Å². The fourth-order valence-corrected chi connectivity index (χ4v) is 7.18. The lowest BCUT2D eigenvalue weighted by atomic mass is 10.1. The highest BCUT2D eigenvalue weighted by Gasteiger charge is 2.25. The van der Waals surface area contributed by atoms with Crippen molar-refractivity contribution in [3.63, 3.8) is 0 Å². The van der Waals surface area contributed by atoms with E-state index in [9.17, 15) is 19.2 Å². The van der Waals surface area contributed by atoms with Gasteiger partial charge in [0.25, 0.3) is 11.8 Å². The first-order valence-electron chi connectivity index (χ1n) is 19.9. The summed E-state index contributed by atoms with van der Waals surface area (Å²) in [5.41, 5.74) is 21.5. The van der Waals surface area contributed by atoms with Crippen LogP contribution in [0.25, 0.3) is 22.2 Å². The second kappa shape index (κ2) is 18.0. The number of morpholine rings is 1. The van der Waals surface area contributed by atoms with Crippen LogP contribution in [0.5, 0.6) is 5.75 Å². The van der Waals surface area contributed by atoms with Gasteiger partial charge in [0.15, 0.2) is 5.65 Å². The number of nitrogen functional groups attached to an aromatic ring is 1. The lowest BCUT2D eigenvalue weighted by molar-refractivity contribution is 0.0358. The number of nitrogens with zero attached hydrogens (tertiary/aromatic N) is 10. The van der Waals surface area contributed by atoms with E-state index in [0.29, 0.717) is 84.4 Å². The summed E-state index contributed by atoms with van der Waals surface area (Å²) in [4.78, 5) is 68.1. The Kier molecular flexibility index (Phi) is 12.4. The third-order valence-corrected chi connectivity index (χ3v) is 10.3. The van der Waals surface area contributed by atoms with Crippen molar-refractivity contribution in [1.82, 2.24) is 48.5 Å². The van der Waals surface area contributed by atoms with Crippen molar-refractivity contribution in [2.24, 2.45) is 11.5 Å². The minimum atomic E-state index is -0.674. The van der Waals surface area contributed by atoms with E-state index in [1.54, 1.807) is 45.9 Å². The standard InChI is InChI=1S/C40H49N15O6/c1-5-54-29(18-23(3)49-54)37(58)47-40-46-28-20-26(35(43)57)22-44-36(28)53(40)12-8-7-11-52-32-27(45-39(52)48-38(59)33-31(41)24(4)50-55(33)6-2)19-25(34(42)56)21-30(32)61-15-9-10-51-13-16-60-17-14-51/h7-8,18-22H,5-6,9-17,41H2,1-4H3,(H2,42,56)(H2,43,57)(H,45,48,59)(H,46,47,58)/b8-7+. The molecule has 1 aliphatic heterocycles. The fraction of sp³-hybridized carbons (Fsp3) is 0.375. The third kappa shape index (κ3) is 8.92. The molecule has 0 saturated carbocycles. The van der Waals surface area contributed by atoms with Gasteiger partial charge < -0.3 is 31.2 Å². The first kappa shape index (κ1) is 42.0. The molecule has 8 N–H and O–H groups in total. The van der Waals surface area contributed by atoms with Crippen LogP contribution in [0, 0.1) is 13.8 Å². The summed E-state index contributed by atoms with van der Waals surface area (Å²) in [7, 11) is 0. The van der Waals surface area contributed by atoms with Gasteiger partial charge in [0.1, 0.15) is 28.2 Å². The Bertz CT molecular complexity index is 2660. The van der Waals surface area contributed by atoms with E-state index in [4.69, 9.17) is 31.7 Å². The van der Waals surface area contributed by atoms with E-state index >= 15 is 0 Å². The largest absolute Gasteiger partial charge is 0.491 e. The van der Waals surface area contributed by atoms with Crippen molar-refractivity contribution in [3.05, 3.63) is 76.5 Å². The number of imidazole rings is 2. The Balaban J connectivity index is 1.23. The number of primary amides is 2. The summed E-state index contributed by atoms with van der Waals surface area (Å²) >= 11 is 0. The molecule has 61 heavy (non-hydrogen) atoms. The molecule has 7 rings (SSSR count). The Morgan fingerprint density at radius 2 is 1.49 bits per heavy atom. The molecule has 21 heteroatoms. The van der Waals surface area contributed by atoms with Crippen LogP contribution in [0.3, 0.4) is 0 Å². The number of carbonyl (C=O) groups excluding carboxylic acids is 4. The van der Waals surface area contributed by atoms with E-state index < -0.39 is 23.6 Å². The number of anilines is 3. The van der Waals surface area contributed by atoms with Crippen molar-refractivity contribution in [2.45, 2.75) is 60.3 Å². The maximum Gasteiger partial charge on any atom is 0.278 e. The van der Waals surface area contributed by atoms with E-state index in [1.807, 2.05) is 26.0 Å². The number of amides is 4. The minimum absolute atomic E-state index is 0.148.